The smallest absolute Gasteiger partial charge is 0.0559 e. The third-order valence-electron chi connectivity index (χ3n) is 3.04. The van der Waals surface area contributed by atoms with Crippen molar-refractivity contribution < 1.29 is 0 Å². The van der Waals surface area contributed by atoms with Gasteiger partial charge in [-0.25, -0.2) is 0 Å². The summed E-state index contributed by atoms with van der Waals surface area (Å²) in [6.45, 7) is 8.67. The van der Waals surface area contributed by atoms with Gasteiger partial charge in [0.1, 0.15) is 0 Å². The molecule has 0 aromatic carbocycles. The summed E-state index contributed by atoms with van der Waals surface area (Å²) in [6.07, 6.45) is 3.62. The van der Waals surface area contributed by atoms with Crippen molar-refractivity contribution in [2.24, 2.45) is 28.7 Å². The highest BCUT2D eigenvalue weighted by Gasteiger charge is 2.43. The van der Waals surface area contributed by atoms with Gasteiger partial charge < -0.3 is 5.41 Å². The van der Waals surface area contributed by atoms with E-state index in [9.17, 15) is 0 Å². The van der Waals surface area contributed by atoms with Crippen molar-refractivity contribution in [1.82, 2.24) is 0 Å². The molecule has 0 radical (unpaired) electrons. The highest BCUT2D eigenvalue weighted by Crippen LogP contribution is 2.40. The summed E-state index contributed by atoms with van der Waals surface area (Å²) in [7, 11) is 0. The molecule has 0 aliphatic heterocycles. The van der Waals surface area contributed by atoms with E-state index >= 15 is 0 Å². The Bertz CT molecular complexity index is 198. The molecule has 13 heavy (non-hydrogen) atoms. The van der Waals surface area contributed by atoms with Crippen molar-refractivity contribution in [2.45, 2.75) is 33.7 Å². The first kappa shape index (κ1) is 10.4. The molecule has 0 heterocycles. The molecule has 0 aromatic heterocycles. The first-order chi connectivity index (χ1) is 6.07. The predicted octanol–water partition coefficient (Wildman–Crippen LogP) is 2.63. The van der Waals surface area contributed by atoms with Gasteiger partial charge in [-0.1, -0.05) is 27.7 Å². The van der Waals surface area contributed by atoms with Gasteiger partial charge in [0, 0.05) is 12.1 Å². The normalized spacial score (nSPS) is 39.5. The lowest BCUT2D eigenvalue weighted by Crippen LogP contribution is -2.48. The van der Waals surface area contributed by atoms with Gasteiger partial charge in [0.2, 0.25) is 0 Å². The van der Waals surface area contributed by atoms with E-state index in [4.69, 9.17) is 5.41 Å². The second kappa shape index (κ2) is 4.03. The first-order valence-corrected chi connectivity index (χ1v) is 5.11. The lowest BCUT2D eigenvalue weighted by Gasteiger charge is -2.45. The Kier molecular flexibility index (Phi) is 3.23. The zero-order valence-corrected chi connectivity index (χ0v) is 8.99. The average molecular weight is 180 g/mol. The molecule has 1 saturated carbocycles. The Labute approximate surface area is 81.0 Å². The summed E-state index contributed by atoms with van der Waals surface area (Å²) < 4.78 is 0. The minimum atomic E-state index is 0.453. The molecule has 0 aromatic rings. The Morgan fingerprint density at radius 3 is 2.15 bits per heavy atom. The zero-order valence-electron chi connectivity index (χ0n) is 8.99. The highest BCUT2D eigenvalue weighted by molar-refractivity contribution is 5.63. The maximum atomic E-state index is 7.25. The molecule has 2 nitrogen and oxygen atoms in total. The van der Waals surface area contributed by atoms with Crippen LogP contribution in [0.1, 0.15) is 27.7 Å². The van der Waals surface area contributed by atoms with Crippen LogP contribution in [-0.4, -0.2) is 18.5 Å². The van der Waals surface area contributed by atoms with Crippen molar-refractivity contribution >= 4 is 12.4 Å². The molecular formula is C11H20N2. The molecule has 0 saturated heterocycles. The van der Waals surface area contributed by atoms with E-state index in [1.807, 2.05) is 6.21 Å². The van der Waals surface area contributed by atoms with Gasteiger partial charge in [-0.3, -0.25) is 4.99 Å². The number of hydrogen-bond donors (Lipinski definition) is 1. The van der Waals surface area contributed by atoms with E-state index < -0.39 is 0 Å². The molecule has 2 heteroatoms. The Morgan fingerprint density at radius 1 is 1.23 bits per heavy atom. The number of rotatable bonds is 3. The fourth-order valence-corrected chi connectivity index (χ4v) is 2.11. The Balaban J connectivity index is 2.51. The minimum absolute atomic E-state index is 0.453. The van der Waals surface area contributed by atoms with Gasteiger partial charge in [0.15, 0.2) is 0 Å². The Morgan fingerprint density at radius 2 is 1.77 bits per heavy atom. The molecule has 0 spiro atoms. The molecule has 0 amide bonds. The van der Waals surface area contributed by atoms with Gasteiger partial charge in [-0.15, -0.1) is 0 Å². The molecule has 1 aliphatic carbocycles. The van der Waals surface area contributed by atoms with E-state index in [-0.39, 0.29) is 0 Å². The number of aliphatic imine (C=N–C) groups is 1. The van der Waals surface area contributed by atoms with Crippen LogP contribution in [0.5, 0.6) is 0 Å². The quantitative estimate of drug-likeness (QED) is 0.648. The molecule has 74 valence electrons. The molecule has 2 unspecified atom stereocenters. The standard InChI is InChI=1S/C11H20N2/c1-7(2)6-13-11-8(3)10(5-12)9(11)4/h5-12H,1-4H3. The monoisotopic (exact) mass is 180 g/mol. The van der Waals surface area contributed by atoms with Crippen LogP contribution >= 0.6 is 0 Å². The van der Waals surface area contributed by atoms with Gasteiger partial charge in [0.05, 0.1) is 6.04 Å². The SMILES string of the molecule is CC(C)C=NC1C(C)C(C=N)C1C. The van der Waals surface area contributed by atoms with Crippen molar-refractivity contribution in [1.29, 1.82) is 5.41 Å². The number of nitrogens with zero attached hydrogens (tertiary/aromatic N) is 1. The van der Waals surface area contributed by atoms with Crippen LogP contribution < -0.4 is 0 Å². The summed E-state index contributed by atoms with van der Waals surface area (Å²) in [5.41, 5.74) is 0. The average Bonchev–Trinajstić information content (AvgIpc) is 2.05. The summed E-state index contributed by atoms with van der Waals surface area (Å²) in [6, 6.07) is 0.453. The maximum absolute atomic E-state index is 7.25. The molecule has 1 rings (SSSR count). The van der Waals surface area contributed by atoms with Crippen LogP contribution in [0.2, 0.25) is 0 Å². The summed E-state index contributed by atoms with van der Waals surface area (Å²) in [4.78, 5) is 4.56. The molecule has 1 N–H and O–H groups in total. The Hall–Kier alpha value is -0.660. The molecule has 1 fully saturated rings. The summed E-state index contributed by atoms with van der Waals surface area (Å²) in [5, 5.41) is 7.25. The van der Waals surface area contributed by atoms with E-state index in [0.29, 0.717) is 29.7 Å². The van der Waals surface area contributed by atoms with Crippen molar-refractivity contribution in [3.63, 3.8) is 0 Å². The van der Waals surface area contributed by atoms with Crippen LogP contribution in [0.15, 0.2) is 4.99 Å². The first-order valence-electron chi connectivity index (χ1n) is 5.11. The van der Waals surface area contributed by atoms with Gasteiger partial charge in [-0.2, -0.15) is 0 Å². The zero-order chi connectivity index (χ0) is 10.0. The van der Waals surface area contributed by atoms with Crippen molar-refractivity contribution in [2.75, 3.05) is 0 Å². The van der Waals surface area contributed by atoms with Crippen LogP contribution in [-0.2, 0) is 0 Å². The van der Waals surface area contributed by atoms with Crippen LogP contribution in [0.3, 0.4) is 0 Å². The van der Waals surface area contributed by atoms with Crippen molar-refractivity contribution in [3.8, 4) is 0 Å². The maximum Gasteiger partial charge on any atom is 0.0559 e. The summed E-state index contributed by atoms with van der Waals surface area (Å²) >= 11 is 0. The lowest BCUT2D eigenvalue weighted by molar-refractivity contribution is 0.126. The van der Waals surface area contributed by atoms with Crippen LogP contribution in [0, 0.1) is 29.1 Å². The van der Waals surface area contributed by atoms with Gasteiger partial charge in [-0.05, 0) is 24.0 Å². The van der Waals surface area contributed by atoms with E-state index in [1.54, 1.807) is 6.21 Å². The van der Waals surface area contributed by atoms with E-state index in [0.717, 1.165) is 0 Å². The fraction of sp³-hybridized carbons (Fsp3) is 0.818. The molecule has 2 atom stereocenters. The largest absolute Gasteiger partial charge is 0.313 e. The van der Waals surface area contributed by atoms with Crippen molar-refractivity contribution in [3.05, 3.63) is 0 Å². The summed E-state index contributed by atoms with van der Waals surface area (Å²) in [5.74, 6) is 2.11. The van der Waals surface area contributed by atoms with Gasteiger partial charge >= 0.3 is 0 Å². The predicted molar refractivity (Wildman–Crippen MR) is 57.7 cm³/mol. The molecular weight excluding hydrogens is 160 g/mol. The minimum Gasteiger partial charge on any atom is -0.313 e. The second-order valence-corrected chi connectivity index (χ2v) is 4.50. The molecule has 1 aliphatic rings. The third kappa shape index (κ3) is 1.98. The molecule has 0 bridgehead atoms. The second-order valence-electron chi connectivity index (χ2n) is 4.50. The lowest BCUT2D eigenvalue weighted by atomic mass is 9.63. The number of nitrogens with one attached hydrogen (secondary N) is 1. The number of hydrogen-bond acceptors (Lipinski definition) is 2. The van der Waals surface area contributed by atoms with Gasteiger partial charge in [0.25, 0.3) is 0 Å². The van der Waals surface area contributed by atoms with Crippen LogP contribution in [0.4, 0.5) is 0 Å². The highest BCUT2D eigenvalue weighted by atomic mass is 14.8. The fourth-order valence-electron chi connectivity index (χ4n) is 2.11. The topological polar surface area (TPSA) is 36.2 Å². The van der Waals surface area contributed by atoms with E-state index in [2.05, 4.69) is 32.7 Å². The van der Waals surface area contributed by atoms with Crippen LogP contribution in [0.25, 0.3) is 0 Å². The van der Waals surface area contributed by atoms with E-state index in [1.165, 1.54) is 0 Å². The third-order valence-corrected chi connectivity index (χ3v) is 3.04.